The summed E-state index contributed by atoms with van der Waals surface area (Å²) < 4.78 is 30.0. The maximum absolute atomic E-state index is 12.7. The monoisotopic (exact) mass is 455 g/mol. The highest BCUT2D eigenvalue weighted by atomic mass is 32.2. The van der Waals surface area contributed by atoms with Crippen molar-refractivity contribution in [1.29, 1.82) is 0 Å². The lowest BCUT2D eigenvalue weighted by molar-refractivity contribution is -0.120. The van der Waals surface area contributed by atoms with Gasteiger partial charge in [-0.1, -0.05) is 42.0 Å². The van der Waals surface area contributed by atoms with Gasteiger partial charge in [0, 0.05) is 10.6 Å². The Hall–Kier alpha value is -3.10. The molecule has 0 unspecified atom stereocenters. The summed E-state index contributed by atoms with van der Waals surface area (Å²) in [5.41, 5.74) is 1.76. The van der Waals surface area contributed by atoms with E-state index in [1.807, 2.05) is 19.1 Å². The first-order valence-corrected chi connectivity index (χ1v) is 12.1. The van der Waals surface area contributed by atoms with Crippen molar-refractivity contribution in [3.63, 3.8) is 0 Å². The number of anilines is 1. The van der Waals surface area contributed by atoms with E-state index in [9.17, 15) is 18.0 Å². The predicted molar refractivity (Wildman–Crippen MR) is 121 cm³/mol. The number of benzene rings is 3. The molecule has 1 N–H and O–H groups in total. The Kier molecular flexibility index (Phi) is 7.49. The van der Waals surface area contributed by atoms with Crippen LogP contribution in [-0.2, 0) is 14.6 Å². The number of para-hydroxylation sites is 2. The lowest BCUT2D eigenvalue weighted by Gasteiger charge is -2.12. The van der Waals surface area contributed by atoms with Gasteiger partial charge in [0.2, 0.25) is 0 Å². The topological polar surface area (TPSA) is 89.5 Å². The number of amides is 1. The third-order valence-corrected chi connectivity index (χ3v) is 7.50. The summed E-state index contributed by atoms with van der Waals surface area (Å²) in [6, 6.07) is 20.3. The van der Waals surface area contributed by atoms with Gasteiger partial charge in [0.25, 0.3) is 12.4 Å². The molecule has 8 heteroatoms. The van der Waals surface area contributed by atoms with Gasteiger partial charge < -0.3 is 10.1 Å². The maximum atomic E-state index is 12.7. The van der Waals surface area contributed by atoms with Crippen molar-refractivity contribution in [3.05, 3.63) is 83.9 Å². The van der Waals surface area contributed by atoms with E-state index in [0.29, 0.717) is 16.3 Å². The van der Waals surface area contributed by atoms with Gasteiger partial charge in [0.1, 0.15) is 5.75 Å². The molecule has 0 saturated heterocycles. The van der Waals surface area contributed by atoms with Gasteiger partial charge in [0.05, 0.1) is 21.9 Å². The number of hydrogen-bond donors (Lipinski definition) is 1. The SMILES string of the molecule is Cc1ccc(S(=O)(=O)CCSc2ccccc2NC(=O)c2ccccc2OC=O)cc1. The fraction of sp³-hybridized carbons (Fsp3) is 0.130. The molecule has 0 aromatic heterocycles. The molecule has 160 valence electrons. The Morgan fingerprint density at radius 3 is 2.42 bits per heavy atom. The lowest BCUT2D eigenvalue weighted by atomic mass is 10.2. The quantitative estimate of drug-likeness (QED) is 0.381. The van der Waals surface area contributed by atoms with Gasteiger partial charge in [-0.25, -0.2) is 8.42 Å². The number of carbonyl (C=O) groups is 2. The average molecular weight is 456 g/mol. The van der Waals surface area contributed by atoms with Crippen molar-refractivity contribution >= 4 is 39.7 Å². The average Bonchev–Trinajstić information content (AvgIpc) is 2.76. The first-order chi connectivity index (χ1) is 14.9. The van der Waals surface area contributed by atoms with Gasteiger partial charge in [0.15, 0.2) is 9.84 Å². The second-order valence-corrected chi connectivity index (χ2v) is 9.89. The summed E-state index contributed by atoms with van der Waals surface area (Å²) in [5, 5.41) is 2.81. The van der Waals surface area contributed by atoms with E-state index >= 15 is 0 Å². The van der Waals surface area contributed by atoms with Crippen molar-refractivity contribution < 1.29 is 22.7 Å². The van der Waals surface area contributed by atoms with Crippen LogP contribution in [0.25, 0.3) is 0 Å². The van der Waals surface area contributed by atoms with Gasteiger partial charge in [-0.05, 0) is 43.3 Å². The number of aryl methyl sites for hydroxylation is 1. The second-order valence-electron chi connectivity index (χ2n) is 6.64. The van der Waals surface area contributed by atoms with Crippen molar-refractivity contribution in [2.24, 2.45) is 0 Å². The van der Waals surface area contributed by atoms with E-state index < -0.39 is 15.7 Å². The van der Waals surface area contributed by atoms with Crippen LogP contribution in [0.3, 0.4) is 0 Å². The van der Waals surface area contributed by atoms with Crippen LogP contribution in [0.4, 0.5) is 5.69 Å². The number of hydrogen-bond acceptors (Lipinski definition) is 6. The Bertz CT molecular complexity index is 1170. The summed E-state index contributed by atoms with van der Waals surface area (Å²) in [6.07, 6.45) is 0. The third-order valence-electron chi connectivity index (χ3n) is 4.43. The number of sulfone groups is 1. The zero-order valence-electron chi connectivity index (χ0n) is 16.8. The highest BCUT2D eigenvalue weighted by Gasteiger charge is 2.16. The van der Waals surface area contributed by atoms with Gasteiger partial charge in [-0.3, -0.25) is 9.59 Å². The minimum Gasteiger partial charge on any atom is -0.428 e. The van der Waals surface area contributed by atoms with Crippen LogP contribution in [-0.4, -0.2) is 32.3 Å². The molecule has 0 aliphatic rings. The highest BCUT2D eigenvalue weighted by Crippen LogP contribution is 2.29. The highest BCUT2D eigenvalue weighted by molar-refractivity contribution is 8.00. The van der Waals surface area contributed by atoms with Gasteiger partial charge >= 0.3 is 0 Å². The van der Waals surface area contributed by atoms with Crippen LogP contribution in [0.15, 0.2) is 82.6 Å². The number of ether oxygens (including phenoxy) is 1. The molecule has 0 aliphatic heterocycles. The molecule has 0 bridgehead atoms. The normalized spacial score (nSPS) is 11.0. The summed E-state index contributed by atoms with van der Waals surface area (Å²) in [5.74, 6) is 0.0227. The fourth-order valence-corrected chi connectivity index (χ4v) is 5.49. The van der Waals surface area contributed by atoms with E-state index in [-0.39, 0.29) is 23.5 Å². The number of thioether (sulfide) groups is 1. The van der Waals surface area contributed by atoms with E-state index in [2.05, 4.69) is 5.32 Å². The Morgan fingerprint density at radius 1 is 1.00 bits per heavy atom. The number of rotatable bonds is 9. The fourth-order valence-electron chi connectivity index (χ4n) is 2.82. The smallest absolute Gasteiger partial charge is 0.298 e. The molecule has 6 nitrogen and oxygen atoms in total. The van der Waals surface area contributed by atoms with Crippen LogP contribution in [0, 0.1) is 6.92 Å². The second kappa shape index (κ2) is 10.3. The van der Waals surface area contributed by atoms with Crippen LogP contribution in [0.5, 0.6) is 5.75 Å². The molecule has 3 rings (SSSR count). The van der Waals surface area contributed by atoms with E-state index in [0.717, 1.165) is 10.5 Å². The number of carbonyl (C=O) groups excluding carboxylic acids is 2. The van der Waals surface area contributed by atoms with Crippen LogP contribution < -0.4 is 10.1 Å². The van der Waals surface area contributed by atoms with Crippen molar-refractivity contribution in [1.82, 2.24) is 0 Å². The largest absolute Gasteiger partial charge is 0.428 e. The summed E-state index contributed by atoms with van der Waals surface area (Å²) >= 11 is 1.34. The summed E-state index contributed by atoms with van der Waals surface area (Å²) in [4.78, 5) is 24.4. The third kappa shape index (κ3) is 5.96. The molecule has 31 heavy (non-hydrogen) atoms. The maximum Gasteiger partial charge on any atom is 0.298 e. The minimum atomic E-state index is -3.40. The van der Waals surface area contributed by atoms with Crippen molar-refractivity contribution in [3.8, 4) is 5.75 Å². The Balaban J connectivity index is 1.69. The zero-order chi connectivity index (χ0) is 22.3. The molecular formula is C23H21NO5S2. The lowest BCUT2D eigenvalue weighted by Crippen LogP contribution is -2.14. The standard InChI is InChI=1S/C23H21NO5S2/c1-17-10-12-18(13-11-17)31(27,28)15-14-30-22-9-5-3-7-20(22)24-23(26)19-6-2-4-8-21(19)29-16-25/h2-13,16H,14-15H2,1H3,(H,24,26). The van der Waals surface area contributed by atoms with Crippen molar-refractivity contribution in [2.45, 2.75) is 16.7 Å². The molecule has 3 aromatic carbocycles. The Morgan fingerprint density at radius 2 is 1.68 bits per heavy atom. The molecular weight excluding hydrogens is 434 g/mol. The molecule has 1 amide bonds. The van der Waals surface area contributed by atoms with Gasteiger partial charge in [-0.15, -0.1) is 11.8 Å². The predicted octanol–water partition coefficient (Wildman–Crippen LogP) is 4.35. The molecule has 3 aromatic rings. The summed E-state index contributed by atoms with van der Waals surface area (Å²) in [7, 11) is -3.40. The molecule has 0 fully saturated rings. The molecule has 0 heterocycles. The molecule has 0 saturated carbocycles. The van der Waals surface area contributed by atoms with Crippen LogP contribution in [0.1, 0.15) is 15.9 Å². The number of nitrogens with one attached hydrogen (secondary N) is 1. The van der Waals surface area contributed by atoms with Crippen LogP contribution >= 0.6 is 11.8 Å². The molecule has 0 radical (unpaired) electrons. The molecule has 0 atom stereocenters. The van der Waals surface area contributed by atoms with E-state index in [1.54, 1.807) is 54.6 Å². The van der Waals surface area contributed by atoms with Gasteiger partial charge in [-0.2, -0.15) is 0 Å². The minimum absolute atomic E-state index is 0.0288. The zero-order valence-corrected chi connectivity index (χ0v) is 18.4. The van der Waals surface area contributed by atoms with E-state index in [4.69, 9.17) is 4.74 Å². The molecule has 0 aliphatic carbocycles. The van der Waals surface area contributed by atoms with E-state index in [1.165, 1.54) is 17.8 Å². The van der Waals surface area contributed by atoms with Crippen molar-refractivity contribution in [2.75, 3.05) is 16.8 Å². The summed E-state index contributed by atoms with van der Waals surface area (Å²) in [6.45, 7) is 2.17. The van der Waals surface area contributed by atoms with Crippen LogP contribution in [0.2, 0.25) is 0 Å². The first-order valence-electron chi connectivity index (χ1n) is 9.42. The first kappa shape index (κ1) is 22.6. The molecule has 0 spiro atoms. The Labute approximate surface area is 185 Å².